The molecule has 0 aliphatic carbocycles. The number of carbonyl (C=O) groups is 1. The number of likely N-dealkylation sites (N-methyl/N-ethyl adjacent to an activating group) is 1. The van der Waals surface area contributed by atoms with E-state index in [-0.39, 0.29) is 0 Å². The molecule has 0 bridgehead atoms. The number of aliphatic carboxylic acids is 1. The van der Waals surface area contributed by atoms with Crippen LogP contribution in [0.25, 0.3) is 0 Å². The predicted octanol–water partition coefficient (Wildman–Crippen LogP) is 3.54. The summed E-state index contributed by atoms with van der Waals surface area (Å²) in [6, 6.07) is 4.91. The fourth-order valence-corrected chi connectivity index (χ4v) is 2.74. The number of nitrogens with one attached hydrogen (secondary N) is 1. The molecule has 6 heteroatoms. The third kappa shape index (κ3) is 5.06. The van der Waals surface area contributed by atoms with Gasteiger partial charge in [-0.25, -0.2) is 0 Å². The highest BCUT2D eigenvalue weighted by Gasteiger charge is 2.15. The van der Waals surface area contributed by atoms with Crippen LogP contribution in [0.2, 0.25) is 10.0 Å². The standard InChI is InChI=1S/C12H15Cl2NO2S/c1-2-15-11(12(16)17)5-6-18-8-3-4-9(13)10(14)7-8/h3-4,7,11,15H,2,5-6H2,1H3,(H,16,17). The van der Waals surface area contributed by atoms with Crippen LogP contribution in [0.4, 0.5) is 0 Å². The van der Waals surface area contributed by atoms with E-state index in [4.69, 9.17) is 28.3 Å². The van der Waals surface area contributed by atoms with Gasteiger partial charge in [-0.2, -0.15) is 0 Å². The summed E-state index contributed by atoms with van der Waals surface area (Å²) in [6.45, 7) is 2.54. The molecule has 0 aromatic heterocycles. The van der Waals surface area contributed by atoms with Gasteiger partial charge in [0.1, 0.15) is 6.04 Å². The Labute approximate surface area is 121 Å². The van der Waals surface area contributed by atoms with Crippen LogP contribution in [0.15, 0.2) is 23.1 Å². The quantitative estimate of drug-likeness (QED) is 0.757. The molecule has 0 aliphatic rings. The van der Waals surface area contributed by atoms with Gasteiger partial charge < -0.3 is 10.4 Å². The van der Waals surface area contributed by atoms with Crippen molar-refractivity contribution in [2.45, 2.75) is 24.3 Å². The molecule has 0 radical (unpaired) electrons. The van der Waals surface area contributed by atoms with Crippen molar-refractivity contribution in [3.8, 4) is 0 Å². The number of thioether (sulfide) groups is 1. The molecule has 0 heterocycles. The number of hydrogen-bond acceptors (Lipinski definition) is 3. The Morgan fingerprint density at radius 1 is 1.44 bits per heavy atom. The number of rotatable bonds is 7. The lowest BCUT2D eigenvalue weighted by molar-refractivity contribution is -0.139. The maximum atomic E-state index is 10.9. The minimum atomic E-state index is -0.813. The normalized spacial score (nSPS) is 12.4. The molecule has 0 saturated heterocycles. The second-order valence-corrected chi connectivity index (χ2v) is 5.64. The number of benzene rings is 1. The molecule has 100 valence electrons. The fourth-order valence-electron chi connectivity index (χ4n) is 1.42. The van der Waals surface area contributed by atoms with Gasteiger partial charge in [0.05, 0.1) is 10.0 Å². The lowest BCUT2D eigenvalue weighted by Gasteiger charge is -2.12. The van der Waals surface area contributed by atoms with Crippen LogP contribution in [0.1, 0.15) is 13.3 Å². The molecule has 0 saturated carbocycles. The van der Waals surface area contributed by atoms with E-state index in [1.165, 1.54) is 0 Å². The number of carboxylic acids is 1. The van der Waals surface area contributed by atoms with Gasteiger partial charge in [-0.3, -0.25) is 4.79 Å². The Balaban J connectivity index is 2.44. The Bertz CT molecular complexity index is 415. The highest BCUT2D eigenvalue weighted by atomic mass is 35.5. The molecule has 18 heavy (non-hydrogen) atoms. The summed E-state index contributed by atoms with van der Waals surface area (Å²) < 4.78 is 0. The Hall–Kier alpha value is -0.420. The molecule has 2 N–H and O–H groups in total. The Kier molecular flexibility index (Phi) is 6.86. The number of hydrogen-bond donors (Lipinski definition) is 2. The molecule has 0 fully saturated rings. The highest BCUT2D eigenvalue weighted by Crippen LogP contribution is 2.28. The van der Waals surface area contributed by atoms with Gasteiger partial charge in [0.25, 0.3) is 0 Å². The van der Waals surface area contributed by atoms with E-state index in [0.717, 1.165) is 4.90 Å². The van der Waals surface area contributed by atoms with Gasteiger partial charge in [-0.05, 0) is 31.2 Å². The number of halogens is 2. The first-order chi connectivity index (χ1) is 8.54. The summed E-state index contributed by atoms with van der Waals surface area (Å²) in [6.07, 6.45) is 0.564. The second-order valence-electron chi connectivity index (χ2n) is 3.66. The van der Waals surface area contributed by atoms with Crippen molar-refractivity contribution in [2.75, 3.05) is 12.3 Å². The van der Waals surface area contributed by atoms with Crippen LogP contribution < -0.4 is 5.32 Å². The van der Waals surface area contributed by atoms with Crippen molar-refractivity contribution in [1.29, 1.82) is 0 Å². The third-order valence-electron chi connectivity index (χ3n) is 2.31. The smallest absolute Gasteiger partial charge is 0.320 e. The fraction of sp³-hybridized carbons (Fsp3) is 0.417. The van der Waals surface area contributed by atoms with E-state index in [2.05, 4.69) is 5.32 Å². The first-order valence-electron chi connectivity index (χ1n) is 5.58. The SMILES string of the molecule is CCNC(CCSc1ccc(Cl)c(Cl)c1)C(=O)O. The monoisotopic (exact) mass is 307 g/mol. The Morgan fingerprint density at radius 3 is 2.72 bits per heavy atom. The van der Waals surface area contributed by atoms with Crippen LogP contribution in [-0.4, -0.2) is 29.4 Å². The molecule has 1 unspecified atom stereocenters. The summed E-state index contributed by atoms with van der Waals surface area (Å²) in [5.41, 5.74) is 0. The van der Waals surface area contributed by atoms with Crippen molar-refractivity contribution in [3.05, 3.63) is 28.2 Å². The maximum Gasteiger partial charge on any atom is 0.320 e. The van der Waals surface area contributed by atoms with Crippen LogP contribution in [0.3, 0.4) is 0 Å². The first-order valence-corrected chi connectivity index (χ1v) is 7.32. The zero-order chi connectivity index (χ0) is 13.5. The zero-order valence-corrected chi connectivity index (χ0v) is 12.3. The zero-order valence-electron chi connectivity index (χ0n) is 9.95. The van der Waals surface area contributed by atoms with Crippen molar-refractivity contribution in [1.82, 2.24) is 5.32 Å². The average Bonchev–Trinajstić information content (AvgIpc) is 2.32. The van der Waals surface area contributed by atoms with E-state index >= 15 is 0 Å². The second kappa shape index (κ2) is 7.89. The van der Waals surface area contributed by atoms with Gasteiger partial charge >= 0.3 is 5.97 Å². The third-order valence-corrected chi connectivity index (χ3v) is 4.08. The van der Waals surface area contributed by atoms with Crippen molar-refractivity contribution >= 4 is 40.9 Å². The van der Waals surface area contributed by atoms with Crippen LogP contribution in [-0.2, 0) is 4.79 Å². The molecule has 0 spiro atoms. The molecule has 1 atom stereocenters. The van der Waals surface area contributed by atoms with E-state index in [1.54, 1.807) is 23.9 Å². The van der Waals surface area contributed by atoms with Crippen LogP contribution in [0, 0.1) is 0 Å². The van der Waals surface area contributed by atoms with Gasteiger partial charge in [-0.15, -0.1) is 11.8 Å². The highest BCUT2D eigenvalue weighted by molar-refractivity contribution is 7.99. The van der Waals surface area contributed by atoms with Crippen LogP contribution in [0.5, 0.6) is 0 Å². The molecule has 3 nitrogen and oxygen atoms in total. The summed E-state index contributed by atoms with van der Waals surface area (Å²) in [5.74, 6) is -0.103. The topological polar surface area (TPSA) is 49.3 Å². The van der Waals surface area contributed by atoms with E-state index in [0.29, 0.717) is 28.8 Å². The van der Waals surface area contributed by atoms with E-state index in [9.17, 15) is 4.79 Å². The van der Waals surface area contributed by atoms with Crippen molar-refractivity contribution in [3.63, 3.8) is 0 Å². The van der Waals surface area contributed by atoms with Gasteiger partial charge in [0, 0.05) is 10.6 Å². The summed E-state index contributed by atoms with van der Waals surface area (Å²) in [7, 11) is 0. The lowest BCUT2D eigenvalue weighted by Crippen LogP contribution is -2.36. The molecule has 0 aliphatic heterocycles. The molecule has 1 aromatic carbocycles. The predicted molar refractivity (Wildman–Crippen MR) is 76.9 cm³/mol. The Morgan fingerprint density at radius 2 is 2.17 bits per heavy atom. The largest absolute Gasteiger partial charge is 0.480 e. The molecule has 1 rings (SSSR count). The first kappa shape index (κ1) is 15.6. The van der Waals surface area contributed by atoms with Crippen molar-refractivity contribution < 1.29 is 9.90 Å². The minimum Gasteiger partial charge on any atom is -0.480 e. The van der Waals surface area contributed by atoms with Crippen molar-refractivity contribution in [2.24, 2.45) is 0 Å². The molecular formula is C12H15Cl2NO2S. The van der Waals surface area contributed by atoms with Crippen LogP contribution >= 0.6 is 35.0 Å². The summed E-state index contributed by atoms with van der Waals surface area (Å²) in [5, 5.41) is 12.9. The number of carboxylic acid groups (broad SMARTS) is 1. The maximum absolute atomic E-state index is 10.9. The lowest BCUT2D eigenvalue weighted by atomic mass is 10.2. The van der Waals surface area contributed by atoms with E-state index < -0.39 is 12.0 Å². The summed E-state index contributed by atoms with van der Waals surface area (Å²) >= 11 is 13.3. The van der Waals surface area contributed by atoms with E-state index in [1.807, 2.05) is 13.0 Å². The van der Waals surface area contributed by atoms with Gasteiger partial charge in [0.2, 0.25) is 0 Å². The minimum absolute atomic E-state index is 0.495. The molecule has 0 amide bonds. The summed E-state index contributed by atoms with van der Waals surface area (Å²) in [4.78, 5) is 11.9. The van der Waals surface area contributed by atoms with Gasteiger partial charge in [0.15, 0.2) is 0 Å². The average molecular weight is 308 g/mol. The molecular weight excluding hydrogens is 293 g/mol. The molecule has 1 aromatic rings. The van der Waals surface area contributed by atoms with Gasteiger partial charge in [-0.1, -0.05) is 30.1 Å².